The maximum Gasteiger partial charge on any atom is 0.223 e. The molecule has 0 aliphatic carbocycles. The second-order valence-electron chi connectivity index (χ2n) is 8.04. The van der Waals surface area contributed by atoms with Crippen molar-refractivity contribution in [2.24, 2.45) is 5.92 Å². The van der Waals surface area contributed by atoms with Gasteiger partial charge in [0.05, 0.1) is 18.1 Å². The standard InChI is InChI=1S/C19H29NO2Si/c1-14(21)17-16(13-12-15-10-8-7-9-11-15)20(18(17)22)23(5,6)19(2,3)4/h7-14,16-17,21H,1-6H3/b13-12+/t14-,16+,17+/m0/s1. The quantitative estimate of drug-likeness (QED) is 0.671. The summed E-state index contributed by atoms with van der Waals surface area (Å²) in [5.41, 5.74) is 1.12. The summed E-state index contributed by atoms with van der Waals surface area (Å²) in [6, 6.07) is 10.1. The molecule has 1 amide bonds. The molecule has 0 unspecified atom stereocenters. The molecule has 0 saturated carbocycles. The van der Waals surface area contributed by atoms with Gasteiger partial charge in [-0.15, -0.1) is 0 Å². The van der Waals surface area contributed by atoms with E-state index in [0.29, 0.717) is 0 Å². The van der Waals surface area contributed by atoms with Crippen molar-refractivity contribution in [1.29, 1.82) is 0 Å². The van der Waals surface area contributed by atoms with E-state index in [1.807, 2.05) is 30.3 Å². The Hall–Kier alpha value is -1.39. The van der Waals surface area contributed by atoms with E-state index >= 15 is 0 Å². The van der Waals surface area contributed by atoms with Gasteiger partial charge < -0.3 is 9.67 Å². The number of nitrogens with zero attached hydrogens (tertiary/aromatic N) is 1. The summed E-state index contributed by atoms with van der Waals surface area (Å²) in [5.74, 6) is -0.210. The summed E-state index contributed by atoms with van der Waals surface area (Å²) in [7, 11) is -1.95. The zero-order valence-electron chi connectivity index (χ0n) is 15.1. The van der Waals surface area contributed by atoms with Gasteiger partial charge in [0.1, 0.15) is 0 Å². The van der Waals surface area contributed by atoms with Crippen molar-refractivity contribution in [3.8, 4) is 0 Å². The van der Waals surface area contributed by atoms with Gasteiger partial charge in [-0.25, -0.2) is 0 Å². The largest absolute Gasteiger partial charge is 0.392 e. The Labute approximate surface area is 141 Å². The minimum atomic E-state index is -1.95. The van der Waals surface area contributed by atoms with Crippen LogP contribution in [0.3, 0.4) is 0 Å². The predicted octanol–water partition coefficient (Wildman–Crippen LogP) is 3.91. The first-order valence-corrected chi connectivity index (χ1v) is 11.3. The number of hydrogen-bond donors (Lipinski definition) is 1. The third kappa shape index (κ3) is 3.28. The third-order valence-electron chi connectivity index (χ3n) is 5.43. The first-order chi connectivity index (χ1) is 10.6. The highest BCUT2D eigenvalue weighted by atomic mass is 28.3. The lowest BCUT2D eigenvalue weighted by atomic mass is 9.85. The molecule has 1 aromatic rings. The van der Waals surface area contributed by atoms with Crippen molar-refractivity contribution in [2.45, 2.75) is 58.0 Å². The maximum absolute atomic E-state index is 12.7. The number of aliphatic hydroxyl groups excluding tert-OH is 1. The number of benzene rings is 1. The molecule has 126 valence electrons. The van der Waals surface area contributed by atoms with Crippen molar-refractivity contribution in [2.75, 3.05) is 0 Å². The summed E-state index contributed by atoms with van der Waals surface area (Å²) >= 11 is 0. The number of carbonyl (C=O) groups excluding carboxylic acids is 1. The number of β-lactam (4-membered cyclic amide) rings is 1. The molecule has 0 radical (unpaired) electrons. The van der Waals surface area contributed by atoms with Crippen LogP contribution in [-0.4, -0.2) is 36.0 Å². The molecule has 1 saturated heterocycles. The van der Waals surface area contributed by atoms with Crippen molar-refractivity contribution in [1.82, 2.24) is 4.57 Å². The van der Waals surface area contributed by atoms with Gasteiger partial charge in [0.25, 0.3) is 0 Å². The van der Waals surface area contributed by atoms with Gasteiger partial charge in [0.2, 0.25) is 5.91 Å². The van der Waals surface area contributed by atoms with Gasteiger partial charge in [0, 0.05) is 0 Å². The minimum Gasteiger partial charge on any atom is -0.392 e. The molecule has 1 aromatic carbocycles. The molecule has 1 aliphatic heterocycles. The molecule has 1 heterocycles. The lowest BCUT2D eigenvalue weighted by Gasteiger charge is -2.58. The normalized spacial score (nSPS) is 24.0. The Morgan fingerprint density at radius 2 is 1.78 bits per heavy atom. The van der Waals surface area contributed by atoms with Crippen LogP contribution >= 0.6 is 0 Å². The minimum absolute atomic E-state index is 0.0106. The van der Waals surface area contributed by atoms with E-state index in [9.17, 15) is 9.90 Å². The fourth-order valence-corrected chi connectivity index (χ4v) is 5.43. The van der Waals surface area contributed by atoms with E-state index in [-0.39, 0.29) is 22.9 Å². The van der Waals surface area contributed by atoms with Gasteiger partial charge in [-0.05, 0) is 17.5 Å². The zero-order valence-corrected chi connectivity index (χ0v) is 16.1. The van der Waals surface area contributed by atoms with Crippen molar-refractivity contribution in [3.63, 3.8) is 0 Å². The Morgan fingerprint density at radius 1 is 1.22 bits per heavy atom. The molecule has 0 aromatic heterocycles. The molecule has 0 spiro atoms. The van der Waals surface area contributed by atoms with Gasteiger partial charge in [0.15, 0.2) is 8.24 Å². The number of rotatable bonds is 4. The van der Waals surface area contributed by atoms with Crippen LogP contribution in [-0.2, 0) is 4.79 Å². The maximum atomic E-state index is 12.7. The van der Waals surface area contributed by atoms with Crippen LogP contribution in [0.5, 0.6) is 0 Å². The Kier molecular flexibility index (Phi) is 4.88. The van der Waals surface area contributed by atoms with Gasteiger partial charge >= 0.3 is 0 Å². The third-order valence-corrected chi connectivity index (χ3v) is 10.8. The first kappa shape index (κ1) is 18.0. The molecule has 2 rings (SSSR count). The number of hydrogen-bond acceptors (Lipinski definition) is 2. The van der Waals surface area contributed by atoms with Crippen LogP contribution in [0.25, 0.3) is 6.08 Å². The van der Waals surface area contributed by atoms with E-state index in [1.54, 1.807) is 6.92 Å². The summed E-state index contributed by atoms with van der Waals surface area (Å²) in [4.78, 5) is 12.7. The SMILES string of the molecule is C[C@H](O)[C@H]1C(=O)N([Si](C)(C)C(C)(C)C)[C@@H]1/C=C/c1ccccc1. The monoisotopic (exact) mass is 331 g/mol. The highest BCUT2D eigenvalue weighted by Gasteiger charge is 2.57. The van der Waals surface area contributed by atoms with Crippen LogP contribution < -0.4 is 0 Å². The molecule has 1 N–H and O–H groups in total. The van der Waals surface area contributed by atoms with E-state index in [2.05, 4.69) is 50.6 Å². The van der Waals surface area contributed by atoms with Gasteiger partial charge in [-0.1, -0.05) is 76.3 Å². The van der Waals surface area contributed by atoms with Gasteiger partial charge in [-0.3, -0.25) is 4.79 Å². The molecule has 0 bridgehead atoms. The average molecular weight is 332 g/mol. The number of carbonyl (C=O) groups is 1. The Balaban J connectivity index is 2.31. The zero-order chi connectivity index (χ0) is 17.4. The topological polar surface area (TPSA) is 40.5 Å². The second kappa shape index (κ2) is 6.25. The van der Waals surface area contributed by atoms with E-state index in [0.717, 1.165) is 5.56 Å². The summed E-state index contributed by atoms with van der Waals surface area (Å²) in [6.45, 7) is 12.8. The van der Waals surface area contributed by atoms with Crippen LogP contribution in [0, 0.1) is 5.92 Å². The number of amides is 1. The second-order valence-corrected chi connectivity index (χ2v) is 13.1. The van der Waals surface area contributed by atoms with E-state index in [1.165, 1.54) is 0 Å². The fourth-order valence-electron chi connectivity index (χ4n) is 3.01. The molecular weight excluding hydrogens is 302 g/mol. The smallest absolute Gasteiger partial charge is 0.223 e. The highest BCUT2D eigenvalue weighted by Crippen LogP contribution is 2.45. The Morgan fingerprint density at radius 3 is 2.26 bits per heavy atom. The molecule has 23 heavy (non-hydrogen) atoms. The van der Waals surface area contributed by atoms with Crippen LogP contribution in [0.15, 0.2) is 36.4 Å². The highest BCUT2D eigenvalue weighted by molar-refractivity contribution is 6.80. The number of aliphatic hydroxyl groups is 1. The predicted molar refractivity (Wildman–Crippen MR) is 98.5 cm³/mol. The van der Waals surface area contributed by atoms with Crippen molar-refractivity contribution in [3.05, 3.63) is 42.0 Å². The molecule has 1 aliphatic rings. The Bertz CT molecular complexity index is 587. The van der Waals surface area contributed by atoms with Gasteiger partial charge in [-0.2, -0.15) is 0 Å². The van der Waals surface area contributed by atoms with Crippen molar-refractivity contribution >= 4 is 20.2 Å². The summed E-state index contributed by atoms with van der Waals surface area (Å²) in [6.07, 6.45) is 3.54. The molecule has 4 heteroatoms. The van der Waals surface area contributed by atoms with Crippen LogP contribution in [0.4, 0.5) is 0 Å². The lowest BCUT2D eigenvalue weighted by molar-refractivity contribution is -0.151. The summed E-state index contributed by atoms with van der Waals surface area (Å²) < 4.78 is 2.07. The van der Waals surface area contributed by atoms with Crippen molar-refractivity contribution < 1.29 is 9.90 Å². The first-order valence-electron chi connectivity index (χ1n) is 8.32. The van der Waals surface area contributed by atoms with Crippen LogP contribution in [0.1, 0.15) is 33.3 Å². The lowest BCUT2D eigenvalue weighted by Crippen LogP contribution is -2.73. The molecule has 3 nitrogen and oxygen atoms in total. The van der Waals surface area contributed by atoms with E-state index in [4.69, 9.17) is 0 Å². The molecule has 3 atom stereocenters. The average Bonchev–Trinajstić information content (AvgIpc) is 2.42. The van der Waals surface area contributed by atoms with Crippen LogP contribution in [0.2, 0.25) is 18.1 Å². The summed E-state index contributed by atoms with van der Waals surface area (Å²) in [5, 5.41) is 10.1. The van der Waals surface area contributed by atoms with E-state index < -0.39 is 14.3 Å². The molecule has 1 fully saturated rings. The fraction of sp³-hybridized carbons (Fsp3) is 0.526. The molecular formula is C19H29NO2Si.